The second-order valence-corrected chi connectivity index (χ2v) is 23.3. The van der Waals surface area contributed by atoms with Gasteiger partial charge in [-0.25, -0.2) is 9.13 Å². The molecule has 24 heteroatoms. The molecule has 76 heavy (non-hydrogen) atoms. The zero-order valence-electron chi connectivity index (χ0n) is 45.9. The summed E-state index contributed by atoms with van der Waals surface area (Å²) in [6.07, 6.45) is 10.9. The first-order valence-electron chi connectivity index (χ1n) is 28.7. The van der Waals surface area contributed by atoms with Crippen molar-refractivity contribution in [2.75, 3.05) is 13.2 Å². The topological polar surface area (TPSA) is 347 Å². The highest BCUT2D eigenvalue weighted by atomic mass is 31.2. The Hall–Kier alpha value is -1.69. The van der Waals surface area contributed by atoms with Crippen molar-refractivity contribution in [2.24, 2.45) is 0 Å². The predicted molar refractivity (Wildman–Crippen MR) is 283 cm³/mol. The van der Waals surface area contributed by atoms with Gasteiger partial charge in [0.1, 0.15) is 54.8 Å². The van der Waals surface area contributed by atoms with Crippen molar-refractivity contribution in [3.05, 3.63) is 0 Å². The number of phosphoric ester groups is 2. The zero-order chi connectivity index (χ0) is 56.4. The van der Waals surface area contributed by atoms with E-state index >= 15 is 0 Å². The van der Waals surface area contributed by atoms with E-state index in [4.69, 9.17) is 28.0 Å². The van der Waals surface area contributed by atoms with Crippen molar-refractivity contribution in [1.82, 2.24) is 10.6 Å². The van der Waals surface area contributed by atoms with Crippen LogP contribution in [0.15, 0.2) is 0 Å². The van der Waals surface area contributed by atoms with E-state index in [1.807, 2.05) is 0 Å². The number of hydrogen-bond donors (Lipinski definition) is 11. The number of hydrogen-bond acceptors (Lipinski definition) is 16. The van der Waals surface area contributed by atoms with Gasteiger partial charge in [0, 0.05) is 6.42 Å². The molecule has 11 N–H and O–H groups in total. The lowest BCUT2D eigenvalue weighted by Crippen LogP contribution is -2.67. The summed E-state index contributed by atoms with van der Waals surface area (Å²) in [7, 11) is -10.8. The van der Waals surface area contributed by atoms with Crippen LogP contribution in [0, 0.1) is 0 Å². The van der Waals surface area contributed by atoms with Crippen LogP contribution in [-0.2, 0) is 51.5 Å². The lowest BCUT2D eigenvalue weighted by atomic mass is 9.95. The first kappa shape index (κ1) is 70.4. The minimum Gasteiger partial charge on any atom is -0.462 e. The summed E-state index contributed by atoms with van der Waals surface area (Å²) in [5, 5.41) is 59.8. The molecule has 0 aliphatic carbocycles. The molecule has 0 aromatic carbocycles. The number of ether oxygens (including phenoxy) is 4. The quantitative estimate of drug-likeness (QED) is 0.0168. The normalized spacial score (nSPS) is 25.0. The SMILES string of the molecule is CCCCCCCCCCCC(=O)O[C@H](CCCCCCCCCCC)CC(=O)N[C@H]1[C@@H](OP(=O)(O)O)O[C@H](CO[C@@H]2O[C@H](CO)[C@@H](OP(=O)(O)O)[C@H](O)[C@H]2NC(=O)C[C@H](O)CCCCCCCCCCC)[C@@H](O)[C@@H]1O. The molecule has 0 aromatic rings. The van der Waals surface area contributed by atoms with E-state index in [2.05, 4.69) is 31.4 Å². The molecule has 12 atom stereocenters. The average molecular weight is 1140 g/mol. The molecule has 2 heterocycles. The largest absolute Gasteiger partial charge is 0.472 e. The molecule has 0 aromatic heterocycles. The van der Waals surface area contributed by atoms with Gasteiger partial charge in [-0.15, -0.1) is 0 Å². The van der Waals surface area contributed by atoms with Gasteiger partial charge >= 0.3 is 21.6 Å². The van der Waals surface area contributed by atoms with Crippen LogP contribution in [0.5, 0.6) is 0 Å². The van der Waals surface area contributed by atoms with Gasteiger partial charge < -0.3 is 74.7 Å². The summed E-state index contributed by atoms with van der Waals surface area (Å²) in [5.74, 6) is -2.11. The Kier molecular flexibility index (Phi) is 37.5. The summed E-state index contributed by atoms with van der Waals surface area (Å²) < 4.78 is 56.7. The molecule has 22 nitrogen and oxygen atoms in total. The van der Waals surface area contributed by atoms with Crippen molar-refractivity contribution >= 4 is 33.4 Å². The Morgan fingerprint density at radius 2 is 0.947 bits per heavy atom. The molecular weight excluding hydrogens is 1030 g/mol. The average Bonchev–Trinajstić information content (AvgIpc) is 3.35. The number of carbonyl (C=O) groups is 3. The predicted octanol–water partition coefficient (Wildman–Crippen LogP) is 6.90. The van der Waals surface area contributed by atoms with Gasteiger partial charge in [0.2, 0.25) is 11.8 Å². The second kappa shape index (κ2) is 40.5. The highest BCUT2D eigenvalue weighted by Gasteiger charge is 2.52. The van der Waals surface area contributed by atoms with Crippen LogP contribution in [-0.4, -0.2) is 150 Å². The van der Waals surface area contributed by atoms with Gasteiger partial charge in [-0.1, -0.05) is 181 Å². The lowest BCUT2D eigenvalue weighted by molar-refractivity contribution is -0.294. The van der Waals surface area contributed by atoms with Crippen LogP contribution < -0.4 is 10.6 Å². The Labute approximate surface area is 452 Å². The van der Waals surface area contributed by atoms with Gasteiger partial charge in [0.05, 0.1) is 32.2 Å². The van der Waals surface area contributed by atoms with Crippen molar-refractivity contribution < 1.29 is 96.6 Å². The first-order valence-corrected chi connectivity index (χ1v) is 31.8. The standard InChI is InChI=1S/C52H100N2O20P2/c1-4-7-10-13-16-19-22-25-28-31-38(56)34-42(57)53-46-49(62)50(73-75(63,64)65)40(36-55)71-51(46)69-37-41-47(60)48(61)45(52(72-41)74-76(66,67)68)54-43(58)35-39(32-29-26-23-20-17-14-11-8-5-2)70-44(59)33-30-27-24-21-18-15-12-9-6-3/h38-41,45-52,55-56,60-62H,4-37H2,1-3H3,(H,53,57)(H,54,58)(H2,63,64,65)(H2,66,67,68)/t38-,39-,40-,41-,45-,46-,47-,48-,49-,50-,51-,52-/m1/s1. The van der Waals surface area contributed by atoms with Crippen molar-refractivity contribution in [2.45, 2.75) is 300 Å². The summed E-state index contributed by atoms with van der Waals surface area (Å²) in [5.41, 5.74) is 0. The van der Waals surface area contributed by atoms with Gasteiger partial charge in [-0.05, 0) is 25.7 Å². The number of rotatable bonds is 45. The third-order valence-electron chi connectivity index (χ3n) is 14.0. The monoisotopic (exact) mass is 1130 g/mol. The highest BCUT2D eigenvalue weighted by molar-refractivity contribution is 7.46. The number of esters is 1. The van der Waals surface area contributed by atoms with Crippen LogP contribution in [0.1, 0.15) is 226 Å². The van der Waals surface area contributed by atoms with Gasteiger partial charge in [-0.2, -0.15) is 0 Å². The smallest absolute Gasteiger partial charge is 0.462 e. The highest BCUT2D eigenvalue weighted by Crippen LogP contribution is 2.43. The Morgan fingerprint density at radius 1 is 0.526 bits per heavy atom. The summed E-state index contributed by atoms with van der Waals surface area (Å²) in [6.45, 7) is 4.66. The van der Waals surface area contributed by atoms with Gasteiger partial charge in [0.25, 0.3) is 0 Å². The fourth-order valence-electron chi connectivity index (χ4n) is 9.70. The maximum absolute atomic E-state index is 13.7. The van der Waals surface area contributed by atoms with E-state index in [0.29, 0.717) is 25.7 Å². The fourth-order valence-corrected chi connectivity index (χ4v) is 10.7. The number of aliphatic hydroxyl groups excluding tert-OH is 5. The second-order valence-electron chi connectivity index (χ2n) is 20.9. The van der Waals surface area contributed by atoms with E-state index in [-0.39, 0.29) is 12.8 Å². The Bertz CT molecular complexity index is 1640. The Balaban J connectivity index is 2.17. The summed E-state index contributed by atoms with van der Waals surface area (Å²) >= 11 is 0. The van der Waals surface area contributed by atoms with Crippen molar-refractivity contribution in [3.8, 4) is 0 Å². The summed E-state index contributed by atoms with van der Waals surface area (Å²) in [6, 6.07) is -3.52. The maximum Gasteiger partial charge on any atom is 0.472 e. The molecule has 0 unspecified atom stereocenters. The van der Waals surface area contributed by atoms with Crippen LogP contribution in [0.25, 0.3) is 0 Å². The minimum absolute atomic E-state index is 0.164. The molecule has 2 saturated heterocycles. The van der Waals surface area contributed by atoms with E-state index in [0.717, 1.165) is 96.3 Å². The lowest BCUT2D eigenvalue weighted by Gasteiger charge is -2.45. The molecule has 0 saturated carbocycles. The first-order chi connectivity index (χ1) is 36.2. The molecule has 2 aliphatic rings. The number of aliphatic hydroxyl groups is 5. The van der Waals surface area contributed by atoms with Gasteiger partial charge in [0.15, 0.2) is 12.6 Å². The molecule has 2 fully saturated rings. The molecular formula is C52H100N2O20P2. The van der Waals surface area contributed by atoms with E-state index in [1.165, 1.54) is 57.8 Å². The van der Waals surface area contributed by atoms with E-state index in [1.54, 1.807) is 0 Å². The van der Waals surface area contributed by atoms with E-state index < -0.39 is 133 Å². The van der Waals surface area contributed by atoms with Gasteiger partial charge in [-0.3, -0.25) is 23.4 Å². The number of carbonyl (C=O) groups excluding carboxylic acids is 3. The zero-order valence-corrected chi connectivity index (χ0v) is 47.7. The van der Waals surface area contributed by atoms with Crippen LogP contribution in [0.3, 0.4) is 0 Å². The third kappa shape index (κ3) is 31.3. The number of amides is 2. The molecule has 2 aliphatic heterocycles. The van der Waals surface area contributed by atoms with Crippen molar-refractivity contribution in [3.63, 3.8) is 0 Å². The molecule has 0 radical (unpaired) electrons. The molecule has 448 valence electrons. The molecule has 2 rings (SSSR count). The fraction of sp³-hybridized carbons (Fsp3) is 0.942. The van der Waals surface area contributed by atoms with Crippen molar-refractivity contribution in [1.29, 1.82) is 0 Å². The van der Waals surface area contributed by atoms with E-state index in [9.17, 15) is 68.6 Å². The Morgan fingerprint density at radius 3 is 1.42 bits per heavy atom. The van der Waals surface area contributed by atoms with Crippen LogP contribution in [0.4, 0.5) is 0 Å². The molecule has 0 spiro atoms. The number of nitrogens with one attached hydrogen (secondary N) is 2. The number of unbranched alkanes of at least 4 members (excludes halogenated alkanes) is 24. The van der Waals surface area contributed by atoms with Crippen LogP contribution >= 0.6 is 15.6 Å². The number of phosphoric acid groups is 2. The maximum atomic E-state index is 13.7. The third-order valence-corrected chi connectivity index (χ3v) is 15.0. The summed E-state index contributed by atoms with van der Waals surface area (Å²) in [4.78, 5) is 79.0. The molecule has 0 bridgehead atoms. The molecule has 2 amide bonds. The van der Waals surface area contributed by atoms with Crippen LogP contribution in [0.2, 0.25) is 0 Å². The minimum atomic E-state index is -5.45.